The molecule has 230 valence electrons. The minimum absolute atomic E-state index is 0.314. The fraction of sp³-hybridized carbons (Fsp3) is 0.381. The highest BCUT2D eigenvalue weighted by molar-refractivity contribution is 5.58. The molecule has 2 saturated carbocycles. The van der Waals surface area contributed by atoms with Gasteiger partial charge in [0.15, 0.2) is 0 Å². The molecule has 6 aliphatic carbocycles. The molecule has 4 aromatic heterocycles. The monoisotopic (exact) mass is 602 g/mol. The fourth-order valence-corrected chi connectivity index (χ4v) is 9.99. The normalized spacial score (nSPS) is 27.5. The van der Waals surface area contributed by atoms with Crippen molar-refractivity contribution in [2.24, 2.45) is 22.7 Å². The number of hydrogen-bond donors (Lipinski definition) is 0. The van der Waals surface area contributed by atoms with Crippen LogP contribution in [0, 0.1) is 22.7 Å². The van der Waals surface area contributed by atoms with E-state index in [2.05, 4.69) is 110 Å². The standard InChI is InChI=1S/C42H42N4/c1-41(2)31-23-33(41)29(39-27(31)15-17-37(45-39)35-9-5-7-19-43-35)21-25-11-13-26(14-12-25)22-30-34-24-32(42(34,3)4)28-16-18-38(46-40(28)30)36-10-6-8-20-44-36/h5-20,29-34H,21-24H2,1-4H3/t29-,30+,31-,32+,33+,34-. The Morgan fingerprint density at radius 3 is 1.33 bits per heavy atom. The minimum Gasteiger partial charge on any atom is -0.255 e. The zero-order valence-electron chi connectivity index (χ0n) is 27.3. The lowest BCUT2D eigenvalue weighted by Gasteiger charge is -2.60. The predicted octanol–water partition coefficient (Wildman–Crippen LogP) is 9.54. The fourth-order valence-electron chi connectivity index (χ4n) is 9.99. The number of hydrogen-bond acceptors (Lipinski definition) is 4. The quantitative estimate of drug-likeness (QED) is 0.194. The summed E-state index contributed by atoms with van der Waals surface area (Å²) in [4.78, 5) is 19.8. The maximum absolute atomic E-state index is 5.31. The van der Waals surface area contributed by atoms with Crippen molar-refractivity contribution in [2.75, 3.05) is 0 Å². The van der Waals surface area contributed by atoms with Gasteiger partial charge in [0.2, 0.25) is 0 Å². The van der Waals surface area contributed by atoms with Gasteiger partial charge in [0.05, 0.1) is 22.8 Å². The minimum atomic E-state index is 0.314. The molecular formula is C42H42N4. The Hall–Kier alpha value is -4.18. The van der Waals surface area contributed by atoms with Crippen LogP contribution in [0.3, 0.4) is 0 Å². The zero-order chi connectivity index (χ0) is 31.2. The number of pyridine rings is 4. The van der Waals surface area contributed by atoms with E-state index in [4.69, 9.17) is 9.97 Å². The Morgan fingerprint density at radius 2 is 0.957 bits per heavy atom. The van der Waals surface area contributed by atoms with E-state index in [0.29, 0.717) is 46.3 Å². The van der Waals surface area contributed by atoms with Crippen LogP contribution in [0.25, 0.3) is 22.8 Å². The van der Waals surface area contributed by atoms with Gasteiger partial charge in [-0.3, -0.25) is 19.9 Å². The molecule has 1 aromatic carbocycles. The predicted molar refractivity (Wildman–Crippen MR) is 184 cm³/mol. The Labute approximate surface area is 272 Å². The van der Waals surface area contributed by atoms with Crippen LogP contribution in [-0.4, -0.2) is 19.9 Å². The topological polar surface area (TPSA) is 51.6 Å². The molecule has 0 N–H and O–H groups in total. The Bertz CT molecular complexity index is 1790. The molecule has 4 heteroatoms. The van der Waals surface area contributed by atoms with E-state index in [1.807, 2.05) is 24.5 Å². The van der Waals surface area contributed by atoms with E-state index in [0.717, 1.165) is 35.6 Å². The molecule has 5 aromatic rings. The lowest BCUT2D eigenvalue weighted by molar-refractivity contribution is -0.00768. The van der Waals surface area contributed by atoms with Gasteiger partial charge in [-0.05, 0) is 119 Å². The number of rotatable bonds is 6. The summed E-state index contributed by atoms with van der Waals surface area (Å²) in [5, 5.41) is 0. The average molecular weight is 603 g/mol. The summed E-state index contributed by atoms with van der Waals surface area (Å²) in [5.74, 6) is 3.38. The van der Waals surface area contributed by atoms with E-state index in [-0.39, 0.29) is 0 Å². The molecule has 0 aliphatic heterocycles. The van der Waals surface area contributed by atoms with Crippen molar-refractivity contribution >= 4 is 0 Å². The van der Waals surface area contributed by atoms with Crippen molar-refractivity contribution in [3.8, 4) is 22.8 Å². The van der Waals surface area contributed by atoms with Gasteiger partial charge in [0, 0.05) is 35.6 Å². The highest BCUT2D eigenvalue weighted by atomic mass is 14.8. The first-order chi connectivity index (χ1) is 22.3. The van der Waals surface area contributed by atoms with Crippen molar-refractivity contribution < 1.29 is 0 Å². The highest BCUT2D eigenvalue weighted by Crippen LogP contribution is 2.68. The molecule has 4 heterocycles. The second-order valence-electron chi connectivity index (χ2n) is 15.6. The molecule has 0 amide bonds. The summed E-state index contributed by atoms with van der Waals surface area (Å²) < 4.78 is 0. The molecule has 11 rings (SSSR count). The van der Waals surface area contributed by atoms with Gasteiger partial charge in [-0.1, -0.05) is 76.2 Å². The van der Waals surface area contributed by atoms with Crippen LogP contribution in [0.4, 0.5) is 0 Å². The third-order valence-electron chi connectivity index (χ3n) is 12.8. The summed E-state index contributed by atoms with van der Waals surface area (Å²) in [6.07, 6.45) is 8.35. The third kappa shape index (κ3) is 4.18. The van der Waals surface area contributed by atoms with E-state index in [9.17, 15) is 0 Å². The Kier molecular flexibility index (Phi) is 6.20. The van der Waals surface area contributed by atoms with Crippen molar-refractivity contribution in [3.63, 3.8) is 0 Å². The summed E-state index contributed by atoms with van der Waals surface area (Å²) >= 11 is 0. The molecule has 6 aliphatic rings. The van der Waals surface area contributed by atoms with Gasteiger partial charge in [0.25, 0.3) is 0 Å². The molecular weight excluding hydrogens is 560 g/mol. The van der Waals surface area contributed by atoms with Crippen molar-refractivity contribution in [3.05, 3.63) is 131 Å². The molecule has 0 saturated heterocycles. The van der Waals surface area contributed by atoms with E-state index in [1.165, 1.54) is 46.5 Å². The van der Waals surface area contributed by atoms with Crippen molar-refractivity contribution in [1.82, 2.24) is 19.9 Å². The maximum Gasteiger partial charge on any atom is 0.0889 e. The lowest BCUT2D eigenvalue weighted by atomic mass is 9.44. The van der Waals surface area contributed by atoms with Gasteiger partial charge in [-0.15, -0.1) is 0 Å². The number of nitrogens with zero attached hydrogens (tertiary/aromatic N) is 4. The maximum atomic E-state index is 5.31. The van der Waals surface area contributed by atoms with Crippen LogP contribution in [0.5, 0.6) is 0 Å². The first-order valence-electron chi connectivity index (χ1n) is 17.2. The molecule has 4 nitrogen and oxygen atoms in total. The second-order valence-corrected chi connectivity index (χ2v) is 15.6. The van der Waals surface area contributed by atoms with E-state index >= 15 is 0 Å². The number of aromatic nitrogens is 4. The molecule has 0 radical (unpaired) electrons. The molecule has 4 bridgehead atoms. The SMILES string of the molecule is CC1(C)[C@@H]2C[C@H]1c1ccc(-c3ccccn3)nc1[C@H]2Cc1ccc(C[C@H]2c3nc(-c4ccccn4)ccc3[C@H]3C[C@@H]2C3(C)C)cc1. The average Bonchev–Trinajstić information content (AvgIpc) is 3.09. The molecule has 46 heavy (non-hydrogen) atoms. The summed E-state index contributed by atoms with van der Waals surface area (Å²) in [6, 6.07) is 30.8. The molecule has 0 unspecified atom stereocenters. The number of benzene rings is 1. The second kappa shape index (κ2) is 10.2. The Balaban J connectivity index is 1.00. The van der Waals surface area contributed by atoms with E-state index < -0.39 is 0 Å². The van der Waals surface area contributed by atoms with Crippen LogP contribution in [0.15, 0.2) is 97.3 Å². The molecule has 6 atom stereocenters. The van der Waals surface area contributed by atoms with Gasteiger partial charge in [0.1, 0.15) is 0 Å². The van der Waals surface area contributed by atoms with Crippen LogP contribution in [-0.2, 0) is 12.8 Å². The van der Waals surface area contributed by atoms with Crippen LogP contribution in [0.2, 0.25) is 0 Å². The first kappa shape index (κ1) is 28.1. The lowest BCUT2D eigenvalue weighted by Crippen LogP contribution is -2.51. The Morgan fingerprint density at radius 1 is 0.522 bits per heavy atom. The van der Waals surface area contributed by atoms with Gasteiger partial charge in [-0.2, -0.15) is 0 Å². The molecule has 2 fully saturated rings. The van der Waals surface area contributed by atoms with E-state index in [1.54, 1.807) is 0 Å². The van der Waals surface area contributed by atoms with Gasteiger partial charge in [-0.25, -0.2) is 0 Å². The highest BCUT2D eigenvalue weighted by Gasteiger charge is 2.58. The van der Waals surface area contributed by atoms with Crippen LogP contribution >= 0.6 is 0 Å². The largest absolute Gasteiger partial charge is 0.255 e. The van der Waals surface area contributed by atoms with Gasteiger partial charge < -0.3 is 0 Å². The first-order valence-corrected chi connectivity index (χ1v) is 17.2. The van der Waals surface area contributed by atoms with Crippen molar-refractivity contribution in [2.45, 2.75) is 77.0 Å². The smallest absolute Gasteiger partial charge is 0.0889 e. The summed E-state index contributed by atoms with van der Waals surface area (Å²) in [7, 11) is 0. The summed E-state index contributed by atoms with van der Waals surface area (Å²) in [6.45, 7) is 9.89. The van der Waals surface area contributed by atoms with Crippen LogP contribution < -0.4 is 0 Å². The van der Waals surface area contributed by atoms with Crippen LogP contribution in [0.1, 0.15) is 97.8 Å². The summed E-state index contributed by atoms with van der Waals surface area (Å²) in [5.41, 5.74) is 12.9. The zero-order valence-corrected chi connectivity index (χ0v) is 27.3. The third-order valence-corrected chi connectivity index (χ3v) is 12.8. The van der Waals surface area contributed by atoms with Crippen molar-refractivity contribution in [1.29, 1.82) is 0 Å². The van der Waals surface area contributed by atoms with Gasteiger partial charge >= 0.3 is 0 Å². The molecule has 0 spiro atoms.